The van der Waals surface area contributed by atoms with Crippen molar-refractivity contribution in [3.05, 3.63) is 39.6 Å². The average molecular weight is 468 g/mol. The van der Waals surface area contributed by atoms with E-state index in [9.17, 15) is 18.8 Å². The van der Waals surface area contributed by atoms with Crippen molar-refractivity contribution in [1.29, 1.82) is 0 Å². The number of aromatic nitrogens is 4. The second kappa shape index (κ2) is 8.42. The maximum atomic E-state index is 13.5. The first-order chi connectivity index (χ1) is 15.4. The maximum absolute atomic E-state index is 13.5. The average Bonchev–Trinajstić information content (AvgIpc) is 3.33. The van der Waals surface area contributed by atoms with Gasteiger partial charge in [0, 0.05) is 0 Å². The van der Waals surface area contributed by atoms with Gasteiger partial charge in [-0.15, -0.1) is 0 Å². The normalized spacial score (nSPS) is 14.1. The van der Waals surface area contributed by atoms with E-state index in [1.165, 1.54) is 19.2 Å². The molecule has 4 rings (SSSR count). The van der Waals surface area contributed by atoms with Gasteiger partial charge in [-0.2, -0.15) is 0 Å². The maximum Gasteiger partial charge on any atom is 0.446 e. The van der Waals surface area contributed by atoms with E-state index >= 15 is 0 Å². The predicted molar refractivity (Wildman–Crippen MR) is 103 cm³/mol. The molecule has 1 saturated carbocycles. The highest BCUT2D eigenvalue weighted by molar-refractivity contribution is 6.30. The summed E-state index contributed by atoms with van der Waals surface area (Å²) in [6.45, 7) is -0.0161. The number of benzene rings is 1. The molecule has 1 N–H and O–H groups in total. The third kappa shape index (κ3) is 3.82. The Bertz CT molecular complexity index is 1230. The van der Waals surface area contributed by atoms with Crippen LogP contribution in [0.1, 0.15) is 12.8 Å². The molecule has 0 aliphatic heterocycles. The van der Waals surface area contributed by atoms with E-state index in [-0.39, 0.29) is 41.3 Å². The number of amides is 1. The molecule has 12 nitrogen and oxygen atoms in total. The van der Waals surface area contributed by atoms with Crippen LogP contribution in [0, 0.1) is 11.2 Å². The topological polar surface area (TPSA) is 152 Å². The monoisotopic (exact) mass is 467 g/mol. The van der Waals surface area contributed by atoms with Crippen molar-refractivity contribution in [2.24, 2.45) is 5.41 Å². The molecule has 0 radical (unpaired) electrons. The summed E-state index contributed by atoms with van der Waals surface area (Å²) in [7, 11) is 1.22. The van der Waals surface area contributed by atoms with Gasteiger partial charge in [-0.25, -0.2) is 18.4 Å². The Kier molecular flexibility index (Phi) is 5.65. The minimum absolute atomic E-state index is 0.0447. The summed E-state index contributed by atoms with van der Waals surface area (Å²) < 4.78 is 33.9. The number of hydrogen-bond acceptors (Lipinski definition) is 10. The molecule has 0 saturated heterocycles. The van der Waals surface area contributed by atoms with Crippen LogP contribution in [-0.2, 0) is 14.3 Å². The van der Waals surface area contributed by atoms with Gasteiger partial charge in [0.15, 0.2) is 0 Å². The van der Waals surface area contributed by atoms with Gasteiger partial charge < -0.3 is 14.8 Å². The summed E-state index contributed by atoms with van der Waals surface area (Å²) in [5, 5.41) is 13.3. The Labute approximate surface area is 183 Å². The van der Waals surface area contributed by atoms with Gasteiger partial charge in [0.1, 0.15) is 17.8 Å². The van der Waals surface area contributed by atoms with Crippen LogP contribution in [0.5, 0.6) is 5.88 Å². The number of methoxy groups -OCH3 is 1. The van der Waals surface area contributed by atoms with E-state index in [0.29, 0.717) is 12.8 Å². The molecule has 0 bridgehead atoms. The Morgan fingerprint density at radius 2 is 2.09 bits per heavy atom. The first-order valence-electron chi connectivity index (χ1n) is 9.24. The third-order valence-electron chi connectivity index (χ3n) is 4.82. The molecule has 168 valence electrons. The van der Waals surface area contributed by atoms with Crippen molar-refractivity contribution in [2.45, 2.75) is 12.8 Å². The largest absolute Gasteiger partial charge is 0.472 e. The van der Waals surface area contributed by atoms with Gasteiger partial charge in [-0.3, -0.25) is 14.1 Å². The van der Waals surface area contributed by atoms with Crippen molar-refractivity contribution < 1.29 is 32.6 Å². The zero-order valence-electron chi connectivity index (χ0n) is 16.5. The number of carbonyl (C=O) groups excluding carboxylic acids is 2. The van der Waals surface area contributed by atoms with E-state index in [2.05, 4.69) is 34.7 Å². The van der Waals surface area contributed by atoms with E-state index in [1.54, 1.807) is 0 Å². The fourth-order valence-electron chi connectivity index (χ4n) is 2.99. The Balaban J connectivity index is 1.46. The van der Waals surface area contributed by atoms with Gasteiger partial charge in [0.05, 0.1) is 24.4 Å². The summed E-state index contributed by atoms with van der Waals surface area (Å²) in [6, 6.07) is 3.57. The molecule has 1 fully saturated rings. The molecule has 0 unspecified atom stereocenters. The number of ether oxygens (including phenoxy) is 2. The van der Waals surface area contributed by atoms with E-state index in [1.807, 2.05) is 0 Å². The number of nitrogens with one attached hydrogen (secondary N) is 1. The highest BCUT2D eigenvalue weighted by Crippen LogP contribution is 2.46. The van der Waals surface area contributed by atoms with E-state index < -0.39 is 28.9 Å². The van der Waals surface area contributed by atoms with Gasteiger partial charge in [-0.1, -0.05) is 16.8 Å². The highest BCUT2D eigenvalue weighted by Gasteiger charge is 2.57. The predicted octanol–water partition coefficient (Wildman–Crippen LogP) is 1.12. The summed E-state index contributed by atoms with van der Waals surface area (Å²) in [5.41, 5.74) is -1.05. The zero-order valence-corrected chi connectivity index (χ0v) is 17.2. The molecule has 0 atom stereocenters. The first-order valence-corrected chi connectivity index (χ1v) is 9.62. The van der Waals surface area contributed by atoms with Crippen LogP contribution in [0.2, 0.25) is 5.02 Å². The standard InChI is InChI=1S/C18H15ClFN5O7/c1-29-16(27)18(4-5-18)15(26)21-6-7-30-14-12(22-32-24-14)13-23-31-17(28)25(13)9-2-3-11(20)10(19)8-9/h2-3,8H,4-7H2,1H3,(H,21,26). The lowest BCUT2D eigenvalue weighted by Crippen LogP contribution is -2.39. The lowest BCUT2D eigenvalue weighted by molar-refractivity contribution is -0.152. The summed E-state index contributed by atoms with van der Waals surface area (Å²) >= 11 is 5.79. The molecule has 1 aromatic carbocycles. The summed E-state index contributed by atoms with van der Waals surface area (Å²) in [4.78, 5) is 36.1. The summed E-state index contributed by atoms with van der Waals surface area (Å²) in [6.07, 6.45) is 0.835. The van der Waals surface area contributed by atoms with Gasteiger partial charge in [-0.05, 0) is 41.4 Å². The Hall–Kier alpha value is -3.74. The SMILES string of the molecule is COC(=O)C1(C(=O)NCCOc2nonc2-c2noc(=O)n2-c2ccc(F)c(Cl)c2)CC1. The molecule has 1 aliphatic carbocycles. The number of halogens is 2. The smallest absolute Gasteiger partial charge is 0.446 e. The van der Waals surface area contributed by atoms with E-state index in [4.69, 9.17) is 16.3 Å². The van der Waals surface area contributed by atoms with Crippen LogP contribution in [0.3, 0.4) is 0 Å². The van der Waals surface area contributed by atoms with Crippen molar-refractivity contribution in [1.82, 2.24) is 25.4 Å². The highest BCUT2D eigenvalue weighted by atomic mass is 35.5. The van der Waals surface area contributed by atoms with Crippen LogP contribution in [0.25, 0.3) is 17.2 Å². The van der Waals surface area contributed by atoms with Crippen LogP contribution >= 0.6 is 11.6 Å². The van der Waals surface area contributed by atoms with Gasteiger partial charge >= 0.3 is 11.7 Å². The summed E-state index contributed by atoms with van der Waals surface area (Å²) in [5.74, 6) is -2.85. The van der Waals surface area contributed by atoms with Crippen molar-refractivity contribution in [3.8, 4) is 23.1 Å². The lowest BCUT2D eigenvalue weighted by atomic mass is 10.1. The zero-order chi connectivity index (χ0) is 22.9. The minimum Gasteiger partial charge on any atom is -0.472 e. The molecule has 14 heteroatoms. The quantitative estimate of drug-likeness (QED) is 0.289. The molecular weight excluding hydrogens is 453 g/mol. The number of esters is 1. The lowest BCUT2D eigenvalue weighted by Gasteiger charge is -2.12. The molecular formula is C18H15ClFN5O7. The number of carbonyl (C=O) groups is 2. The second-order valence-electron chi connectivity index (χ2n) is 6.80. The Morgan fingerprint density at radius 3 is 2.78 bits per heavy atom. The molecule has 2 aromatic heterocycles. The second-order valence-corrected chi connectivity index (χ2v) is 7.21. The number of nitrogens with zero attached hydrogens (tertiary/aromatic N) is 4. The third-order valence-corrected chi connectivity index (χ3v) is 5.11. The molecule has 1 aliphatic rings. The molecule has 32 heavy (non-hydrogen) atoms. The molecule has 3 aromatic rings. The first kappa shape index (κ1) is 21.5. The van der Waals surface area contributed by atoms with Crippen molar-refractivity contribution in [2.75, 3.05) is 20.3 Å². The van der Waals surface area contributed by atoms with Crippen LogP contribution in [0.4, 0.5) is 4.39 Å². The van der Waals surface area contributed by atoms with Crippen LogP contribution < -0.4 is 15.8 Å². The van der Waals surface area contributed by atoms with Crippen molar-refractivity contribution >= 4 is 23.5 Å². The number of rotatable bonds is 8. The fourth-order valence-corrected chi connectivity index (χ4v) is 3.16. The van der Waals surface area contributed by atoms with Gasteiger partial charge in [0.2, 0.25) is 17.4 Å². The van der Waals surface area contributed by atoms with Crippen LogP contribution in [0.15, 0.2) is 32.1 Å². The van der Waals surface area contributed by atoms with Gasteiger partial charge in [0.25, 0.3) is 5.88 Å². The minimum atomic E-state index is -1.14. The van der Waals surface area contributed by atoms with E-state index in [0.717, 1.165) is 10.6 Å². The molecule has 0 spiro atoms. The van der Waals surface area contributed by atoms with Crippen molar-refractivity contribution in [3.63, 3.8) is 0 Å². The fraction of sp³-hybridized carbons (Fsp3) is 0.333. The number of hydrogen-bond donors (Lipinski definition) is 1. The molecule has 1 amide bonds. The Morgan fingerprint density at radius 1 is 1.31 bits per heavy atom. The van der Waals surface area contributed by atoms with Crippen LogP contribution in [-0.4, -0.2) is 52.2 Å². The molecule has 2 heterocycles.